The molecule has 3 heterocycles. The number of halogens is 1. The second-order valence-corrected chi connectivity index (χ2v) is 8.37. The number of benzene rings is 1. The van der Waals surface area contributed by atoms with Gasteiger partial charge >= 0.3 is 11.7 Å². The molecule has 2 aromatic heterocycles. The van der Waals surface area contributed by atoms with Crippen LogP contribution in [0.3, 0.4) is 0 Å². The van der Waals surface area contributed by atoms with Gasteiger partial charge in [0.05, 0.1) is 13.1 Å². The maximum Gasteiger partial charge on any atom is 0.333 e. The van der Waals surface area contributed by atoms with Gasteiger partial charge in [-0.25, -0.2) is 9.59 Å². The minimum Gasteiger partial charge on any atom is -0.492 e. The molecule has 1 fully saturated rings. The van der Waals surface area contributed by atoms with Gasteiger partial charge in [0.15, 0.2) is 11.2 Å². The van der Waals surface area contributed by atoms with Crippen molar-refractivity contribution in [2.75, 3.05) is 37.7 Å². The van der Waals surface area contributed by atoms with Gasteiger partial charge in [0.25, 0.3) is 5.56 Å². The van der Waals surface area contributed by atoms with E-state index in [0.29, 0.717) is 24.8 Å². The number of anilines is 1. The molecule has 4 rings (SSSR count). The predicted molar refractivity (Wildman–Crippen MR) is 143 cm³/mol. The molecule has 3 aromatic rings. The maximum atomic E-state index is 13.7. The zero-order valence-corrected chi connectivity index (χ0v) is 21.7. The summed E-state index contributed by atoms with van der Waals surface area (Å²) in [6, 6.07) is 7.88. The van der Waals surface area contributed by atoms with E-state index in [0.717, 1.165) is 22.2 Å². The Hall–Kier alpha value is -3.75. The lowest BCUT2D eigenvalue weighted by Crippen LogP contribution is -2.45. The molecular formula is C25H31ClN6O5. The first-order chi connectivity index (χ1) is 17.5. The minimum absolute atomic E-state index is 0. The average Bonchev–Trinajstić information content (AvgIpc) is 3.27. The Balaban J connectivity index is 0.00000380. The fourth-order valence-electron chi connectivity index (χ4n) is 4.37. The van der Waals surface area contributed by atoms with Gasteiger partial charge in [-0.05, 0) is 25.5 Å². The Labute approximate surface area is 220 Å². The lowest BCUT2D eigenvalue weighted by molar-refractivity contribution is -0.141. The van der Waals surface area contributed by atoms with Crippen LogP contribution in [0.15, 0.2) is 39.9 Å². The first-order valence-electron chi connectivity index (χ1n) is 12.0. The second kappa shape index (κ2) is 12.5. The molecule has 0 saturated carbocycles. The summed E-state index contributed by atoms with van der Waals surface area (Å²) in [5.41, 5.74) is -1.05. The highest BCUT2D eigenvalue weighted by Gasteiger charge is 2.29. The number of nitrogens with zero attached hydrogens (tertiary/aromatic N) is 5. The minimum atomic E-state index is -1.18. The number of carbonyl (C=O) groups is 1. The summed E-state index contributed by atoms with van der Waals surface area (Å²) in [7, 11) is 0. The van der Waals surface area contributed by atoms with Gasteiger partial charge in [-0.3, -0.25) is 18.5 Å². The van der Waals surface area contributed by atoms with Crippen LogP contribution in [0, 0.1) is 11.8 Å². The van der Waals surface area contributed by atoms with E-state index in [4.69, 9.17) is 4.74 Å². The van der Waals surface area contributed by atoms with Crippen molar-refractivity contribution in [3.63, 3.8) is 0 Å². The quantitative estimate of drug-likeness (QED) is 0.397. The molecule has 1 aliphatic heterocycles. The van der Waals surface area contributed by atoms with Gasteiger partial charge in [0, 0.05) is 26.2 Å². The first-order valence-corrected chi connectivity index (χ1v) is 12.0. The van der Waals surface area contributed by atoms with Gasteiger partial charge in [-0.2, -0.15) is 4.98 Å². The number of ether oxygens (including phenoxy) is 1. The summed E-state index contributed by atoms with van der Waals surface area (Å²) in [4.78, 5) is 46.1. The lowest BCUT2D eigenvalue weighted by atomic mass is 10.2. The molecule has 1 unspecified atom stereocenters. The van der Waals surface area contributed by atoms with Crippen molar-refractivity contribution >= 4 is 35.5 Å². The number of carboxylic acids is 1. The zero-order valence-electron chi connectivity index (χ0n) is 20.8. The number of fused-ring (bicyclic) bond motifs is 1. The lowest BCUT2D eigenvalue weighted by Gasteiger charge is -2.28. The average molecular weight is 531 g/mol. The van der Waals surface area contributed by atoms with E-state index in [1.165, 1.54) is 0 Å². The third-order valence-corrected chi connectivity index (χ3v) is 6.17. The molecule has 1 aromatic carbocycles. The second-order valence-electron chi connectivity index (χ2n) is 8.37. The van der Waals surface area contributed by atoms with E-state index in [1.807, 2.05) is 23.1 Å². The van der Waals surface area contributed by atoms with Crippen LogP contribution in [0.1, 0.15) is 26.3 Å². The third kappa shape index (κ3) is 5.65. The van der Waals surface area contributed by atoms with E-state index in [9.17, 15) is 19.5 Å². The molecule has 198 valence electrons. The van der Waals surface area contributed by atoms with Gasteiger partial charge in [0.1, 0.15) is 18.4 Å². The van der Waals surface area contributed by atoms with Crippen LogP contribution in [0.2, 0.25) is 0 Å². The van der Waals surface area contributed by atoms with Crippen LogP contribution in [-0.4, -0.2) is 62.5 Å². The van der Waals surface area contributed by atoms with Crippen LogP contribution in [0.5, 0.6) is 5.75 Å². The number of aromatic nitrogens is 4. The van der Waals surface area contributed by atoms with E-state index in [2.05, 4.69) is 22.1 Å². The molecule has 0 bridgehead atoms. The molecule has 12 heteroatoms. The third-order valence-electron chi connectivity index (χ3n) is 6.17. The van der Waals surface area contributed by atoms with Crippen molar-refractivity contribution in [3.8, 4) is 17.6 Å². The van der Waals surface area contributed by atoms with Gasteiger partial charge < -0.3 is 20.1 Å². The molecule has 1 aliphatic rings. The summed E-state index contributed by atoms with van der Waals surface area (Å²) in [6.45, 7) is 6.37. The van der Waals surface area contributed by atoms with E-state index < -0.39 is 23.3 Å². The molecule has 2 N–H and O–H groups in total. The van der Waals surface area contributed by atoms with Gasteiger partial charge in [-0.15, -0.1) is 18.3 Å². The van der Waals surface area contributed by atoms with E-state index in [-0.39, 0.29) is 49.7 Å². The molecule has 11 nitrogen and oxygen atoms in total. The van der Waals surface area contributed by atoms with Crippen molar-refractivity contribution in [3.05, 3.63) is 51.2 Å². The highest BCUT2D eigenvalue weighted by molar-refractivity contribution is 5.85. The summed E-state index contributed by atoms with van der Waals surface area (Å²) in [5.74, 6) is 5.77. The van der Waals surface area contributed by atoms with Crippen molar-refractivity contribution in [1.29, 1.82) is 0 Å². The van der Waals surface area contributed by atoms with Crippen LogP contribution in [0.4, 0.5) is 5.95 Å². The monoisotopic (exact) mass is 530 g/mol. The largest absolute Gasteiger partial charge is 0.492 e. The van der Waals surface area contributed by atoms with Crippen molar-refractivity contribution in [2.24, 2.45) is 0 Å². The molecule has 0 amide bonds. The van der Waals surface area contributed by atoms with E-state index in [1.54, 1.807) is 30.5 Å². The molecule has 1 saturated heterocycles. The smallest absolute Gasteiger partial charge is 0.333 e. The van der Waals surface area contributed by atoms with Gasteiger partial charge in [0.2, 0.25) is 5.95 Å². The van der Waals surface area contributed by atoms with Gasteiger partial charge in [-0.1, -0.05) is 31.0 Å². The number of para-hydroxylation sites is 1. The fraction of sp³-hybridized carbons (Fsp3) is 0.440. The molecular weight excluding hydrogens is 500 g/mol. The Morgan fingerprint density at radius 1 is 1.19 bits per heavy atom. The number of hydrogen-bond donors (Lipinski definition) is 2. The van der Waals surface area contributed by atoms with Crippen molar-refractivity contribution in [2.45, 2.75) is 39.4 Å². The summed E-state index contributed by atoms with van der Waals surface area (Å²) in [6.07, 6.45) is 0.146. The standard InChI is InChI=1S/C25H30N6O5.ClH/c1-3-5-13-29-20-21(27-24(29)28-14-11-26-12-15-28)31(19(4-2)23(33)34)25(35)30(22(20)32)16-17-36-18-9-7-6-8-10-18;/h6-10,19,26H,4,11-17H2,1-2H3,(H,33,34);1H. The summed E-state index contributed by atoms with van der Waals surface area (Å²) in [5, 5.41) is 13.2. The Morgan fingerprint density at radius 3 is 2.51 bits per heavy atom. The number of carboxylic acid groups (broad SMARTS) is 1. The Kier molecular flexibility index (Phi) is 9.38. The highest BCUT2D eigenvalue weighted by atomic mass is 35.5. The molecule has 0 aliphatic carbocycles. The summed E-state index contributed by atoms with van der Waals surface area (Å²) < 4.78 is 9.58. The van der Waals surface area contributed by atoms with Crippen molar-refractivity contribution < 1.29 is 14.6 Å². The number of rotatable bonds is 9. The number of imidazole rings is 1. The number of piperazine rings is 1. The molecule has 0 radical (unpaired) electrons. The van der Waals surface area contributed by atoms with E-state index >= 15 is 0 Å². The number of nitrogens with one attached hydrogen (secondary N) is 1. The summed E-state index contributed by atoms with van der Waals surface area (Å²) >= 11 is 0. The number of aliphatic carboxylic acids is 1. The topological polar surface area (TPSA) is 124 Å². The van der Waals surface area contributed by atoms with Crippen molar-refractivity contribution in [1.82, 2.24) is 24.0 Å². The normalized spacial score (nSPS) is 13.9. The highest BCUT2D eigenvalue weighted by Crippen LogP contribution is 2.23. The van der Waals surface area contributed by atoms with Crippen LogP contribution < -0.4 is 26.2 Å². The molecule has 1 atom stereocenters. The first kappa shape index (κ1) is 27.8. The zero-order chi connectivity index (χ0) is 25.7. The maximum absolute atomic E-state index is 13.7. The fourth-order valence-corrected chi connectivity index (χ4v) is 4.37. The molecule has 37 heavy (non-hydrogen) atoms. The van der Waals surface area contributed by atoms with Crippen LogP contribution in [0.25, 0.3) is 11.2 Å². The SMILES string of the molecule is CC#CCn1c(N2CCNCC2)nc2c1c(=O)n(CCOc1ccccc1)c(=O)n2C(CC)C(=O)O.Cl. The van der Waals surface area contributed by atoms with Crippen LogP contribution >= 0.6 is 12.4 Å². The Morgan fingerprint density at radius 2 is 1.89 bits per heavy atom. The Bertz CT molecular complexity index is 1410. The number of hydrogen-bond acceptors (Lipinski definition) is 7. The van der Waals surface area contributed by atoms with Crippen LogP contribution in [-0.2, 0) is 17.9 Å². The molecule has 0 spiro atoms. The predicted octanol–water partition coefficient (Wildman–Crippen LogP) is 1.33.